The highest BCUT2D eigenvalue weighted by molar-refractivity contribution is 5.99. The van der Waals surface area contributed by atoms with Gasteiger partial charge in [0.2, 0.25) is 0 Å². The minimum atomic E-state index is -0.269. The molecular formula is C26H34N4O3. The number of aryl methyl sites for hydroxylation is 1. The van der Waals surface area contributed by atoms with E-state index in [1.54, 1.807) is 11.1 Å². The van der Waals surface area contributed by atoms with Gasteiger partial charge in [-0.05, 0) is 45.4 Å². The number of carbonyl (C=O) groups is 2. The lowest BCUT2D eigenvalue weighted by Gasteiger charge is -2.35. The van der Waals surface area contributed by atoms with Crippen molar-refractivity contribution in [1.29, 1.82) is 0 Å². The molecule has 2 aliphatic rings. The summed E-state index contributed by atoms with van der Waals surface area (Å²) >= 11 is 0. The SMILES string of the molecule is CCOC(=O)[C@H]1CCCN(C(=O)c2cnc(-c3ccc(C)cc3)nc2N2CCC(C)CC2)C1. The lowest BCUT2D eigenvalue weighted by Crippen LogP contribution is -2.44. The van der Waals surface area contributed by atoms with Crippen molar-refractivity contribution in [1.82, 2.24) is 14.9 Å². The second kappa shape index (κ2) is 10.3. The second-order valence-corrected chi connectivity index (χ2v) is 9.31. The zero-order valence-corrected chi connectivity index (χ0v) is 19.9. The summed E-state index contributed by atoms with van der Waals surface area (Å²) in [6, 6.07) is 8.12. The predicted octanol–water partition coefficient (Wildman–Crippen LogP) is 4.10. The van der Waals surface area contributed by atoms with Crippen LogP contribution in [0.25, 0.3) is 11.4 Å². The van der Waals surface area contributed by atoms with Crippen LogP contribution >= 0.6 is 0 Å². The first kappa shape index (κ1) is 23.2. The Morgan fingerprint density at radius 2 is 1.82 bits per heavy atom. The summed E-state index contributed by atoms with van der Waals surface area (Å²) in [6.07, 6.45) is 5.36. The molecule has 2 aromatic rings. The van der Waals surface area contributed by atoms with Crippen molar-refractivity contribution in [3.05, 3.63) is 41.6 Å². The van der Waals surface area contributed by atoms with Gasteiger partial charge < -0.3 is 14.5 Å². The number of likely N-dealkylation sites (tertiary alicyclic amines) is 1. The van der Waals surface area contributed by atoms with E-state index in [9.17, 15) is 9.59 Å². The summed E-state index contributed by atoms with van der Waals surface area (Å²) in [6.45, 7) is 9.24. The van der Waals surface area contributed by atoms with Crippen LogP contribution in [0, 0.1) is 18.8 Å². The topological polar surface area (TPSA) is 75.6 Å². The smallest absolute Gasteiger partial charge is 0.310 e. The summed E-state index contributed by atoms with van der Waals surface area (Å²) in [5.74, 6) is 1.42. The lowest BCUT2D eigenvalue weighted by molar-refractivity contribution is -0.149. The Kier molecular flexibility index (Phi) is 7.26. The number of carbonyl (C=O) groups excluding carboxylic acids is 2. The molecule has 0 aliphatic carbocycles. The third-order valence-electron chi connectivity index (χ3n) is 6.72. The molecule has 2 fully saturated rings. The van der Waals surface area contributed by atoms with Crippen molar-refractivity contribution in [3.63, 3.8) is 0 Å². The van der Waals surface area contributed by atoms with Crippen LogP contribution in [0.1, 0.15) is 55.5 Å². The molecule has 176 valence electrons. The Morgan fingerprint density at radius 3 is 2.52 bits per heavy atom. The summed E-state index contributed by atoms with van der Waals surface area (Å²) in [7, 11) is 0. The van der Waals surface area contributed by atoms with Gasteiger partial charge in [0.15, 0.2) is 5.82 Å². The highest BCUT2D eigenvalue weighted by Gasteiger charge is 2.32. The molecule has 2 saturated heterocycles. The average molecular weight is 451 g/mol. The van der Waals surface area contributed by atoms with Gasteiger partial charge in [-0.2, -0.15) is 0 Å². The Labute approximate surface area is 196 Å². The fourth-order valence-corrected chi connectivity index (χ4v) is 4.61. The first-order valence-electron chi connectivity index (χ1n) is 12.1. The quantitative estimate of drug-likeness (QED) is 0.639. The van der Waals surface area contributed by atoms with Gasteiger partial charge in [-0.3, -0.25) is 9.59 Å². The Bertz CT molecular complexity index is 984. The molecule has 3 heterocycles. The average Bonchev–Trinajstić information content (AvgIpc) is 2.84. The highest BCUT2D eigenvalue weighted by atomic mass is 16.5. The molecule has 1 aromatic heterocycles. The van der Waals surface area contributed by atoms with Crippen LogP contribution in [0.2, 0.25) is 0 Å². The summed E-state index contributed by atoms with van der Waals surface area (Å²) in [5.41, 5.74) is 2.63. The van der Waals surface area contributed by atoms with E-state index in [1.807, 2.05) is 31.2 Å². The maximum absolute atomic E-state index is 13.6. The highest BCUT2D eigenvalue weighted by Crippen LogP contribution is 2.29. The van der Waals surface area contributed by atoms with Gasteiger partial charge in [-0.1, -0.05) is 36.8 Å². The van der Waals surface area contributed by atoms with E-state index in [1.165, 1.54) is 5.56 Å². The van der Waals surface area contributed by atoms with Gasteiger partial charge in [-0.25, -0.2) is 9.97 Å². The van der Waals surface area contributed by atoms with E-state index in [0.29, 0.717) is 42.8 Å². The fourth-order valence-electron chi connectivity index (χ4n) is 4.61. The molecular weight excluding hydrogens is 416 g/mol. The third-order valence-corrected chi connectivity index (χ3v) is 6.72. The molecule has 2 aliphatic heterocycles. The normalized spacial score (nSPS) is 19.4. The predicted molar refractivity (Wildman–Crippen MR) is 128 cm³/mol. The van der Waals surface area contributed by atoms with Crippen molar-refractivity contribution in [3.8, 4) is 11.4 Å². The van der Waals surface area contributed by atoms with Gasteiger partial charge in [0.1, 0.15) is 11.4 Å². The molecule has 4 rings (SSSR count). The molecule has 7 nitrogen and oxygen atoms in total. The van der Waals surface area contributed by atoms with Crippen LogP contribution < -0.4 is 4.90 Å². The van der Waals surface area contributed by atoms with Crippen molar-refractivity contribution < 1.29 is 14.3 Å². The van der Waals surface area contributed by atoms with Crippen LogP contribution in [0.4, 0.5) is 5.82 Å². The largest absolute Gasteiger partial charge is 0.466 e. The fraction of sp³-hybridized carbons (Fsp3) is 0.538. The molecule has 1 amide bonds. The number of piperidine rings is 2. The minimum absolute atomic E-state index is 0.104. The number of hydrogen-bond donors (Lipinski definition) is 0. The number of ether oxygens (including phenoxy) is 1. The van der Waals surface area contributed by atoms with E-state index in [-0.39, 0.29) is 17.8 Å². The zero-order chi connectivity index (χ0) is 23.4. The number of anilines is 1. The van der Waals surface area contributed by atoms with Gasteiger partial charge in [-0.15, -0.1) is 0 Å². The minimum Gasteiger partial charge on any atom is -0.466 e. The zero-order valence-electron chi connectivity index (χ0n) is 19.9. The van der Waals surface area contributed by atoms with E-state index in [4.69, 9.17) is 9.72 Å². The Balaban J connectivity index is 1.64. The molecule has 1 aromatic carbocycles. The first-order chi connectivity index (χ1) is 16.0. The van der Waals surface area contributed by atoms with E-state index >= 15 is 0 Å². The molecule has 0 bridgehead atoms. The number of amides is 1. The maximum atomic E-state index is 13.6. The van der Waals surface area contributed by atoms with Gasteiger partial charge in [0, 0.05) is 37.9 Å². The molecule has 0 saturated carbocycles. The van der Waals surface area contributed by atoms with Gasteiger partial charge >= 0.3 is 5.97 Å². The summed E-state index contributed by atoms with van der Waals surface area (Å²) < 4.78 is 5.21. The lowest BCUT2D eigenvalue weighted by atomic mass is 9.97. The van der Waals surface area contributed by atoms with Gasteiger partial charge in [0.25, 0.3) is 5.91 Å². The maximum Gasteiger partial charge on any atom is 0.310 e. The van der Waals surface area contributed by atoms with E-state index in [2.05, 4.69) is 23.7 Å². The number of benzene rings is 1. The monoisotopic (exact) mass is 450 g/mol. The van der Waals surface area contributed by atoms with Crippen molar-refractivity contribution in [2.24, 2.45) is 11.8 Å². The molecule has 0 spiro atoms. The van der Waals surface area contributed by atoms with Crippen molar-refractivity contribution in [2.75, 3.05) is 37.7 Å². The summed E-state index contributed by atoms with van der Waals surface area (Å²) in [4.78, 5) is 39.4. The van der Waals surface area contributed by atoms with Crippen LogP contribution in [-0.2, 0) is 9.53 Å². The number of hydrogen-bond acceptors (Lipinski definition) is 6. The van der Waals surface area contributed by atoms with Crippen LogP contribution in [-0.4, -0.2) is 59.5 Å². The first-order valence-corrected chi connectivity index (χ1v) is 12.1. The van der Waals surface area contributed by atoms with E-state index in [0.717, 1.165) is 44.3 Å². The molecule has 1 atom stereocenters. The Hall–Kier alpha value is -2.96. The third kappa shape index (κ3) is 5.34. The number of nitrogens with zero attached hydrogens (tertiary/aromatic N) is 4. The standard InChI is InChI=1S/C26H34N4O3/c1-4-33-26(32)21-6-5-13-30(17-21)25(31)22-16-27-23(20-9-7-18(2)8-10-20)28-24(22)29-14-11-19(3)12-15-29/h7-10,16,19,21H,4-6,11-15,17H2,1-3H3/t21-/m0/s1. The van der Waals surface area contributed by atoms with Crippen LogP contribution in [0.3, 0.4) is 0 Å². The van der Waals surface area contributed by atoms with Crippen LogP contribution in [0.15, 0.2) is 30.5 Å². The van der Waals surface area contributed by atoms with Crippen molar-refractivity contribution in [2.45, 2.75) is 46.5 Å². The number of rotatable bonds is 5. The van der Waals surface area contributed by atoms with Crippen LogP contribution in [0.5, 0.6) is 0 Å². The van der Waals surface area contributed by atoms with Gasteiger partial charge in [0.05, 0.1) is 12.5 Å². The summed E-state index contributed by atoms with van der Waals surface area (Å²) in [5, 5.41) is 0. The van der Waals surface area contributed by atoms with Crippen molar-refractivity contribution >= 4 is 17.7 Å². The Morgan fingerprint density at radius 1 is 1.09 bits per heavy atom. The molecule has 33 heavy (non-hydrogen) atoms. The number of esters is 1. The molecule has 0 unspecified atom stereocenters. The number of aromatic nitrogens is 2. The molecule has 7 heteroatoms. The molecule has 0 N–H and O–H groups in total. The molecule has 0 radical (unpaired) electrons. The second-order valence-electron chi connectivity index (χ2n) is 9.31. The van der Waals surface area contributed by atoms with E-state index < -0.39 is 0 Å².